The SMILES string of the molecule is Cc1cc(Br)cc(C)c1-n1c(=O)[nH]c(Cl)c(C)c1=O. The zero-order chi connectivity index (χ0) is 14.3. The average Bonchev–Trinajstić information content (AvgIpc) is 2.29. The van der Waals surface area contributed by atoms with E-state index >= 15 is 0 Å². The molecule has 2 rings (SSSR count). The molecule has 1 aromatic heterocycles. The van der Waals surface area contributed by atoms with E-state index in [1.807, 2.05) is 26.0 Å². The van der Waals surface area contributed by atoms with Crippen molar-refractivity contribution >= 4 is 27.5 Å². The molecule has 0 aliphatic rings. The Balaban J connectivity index is 2.93. The summed E-state index contributed by atoms with van der Waals surface area (Å²) in [6.07, 6.45) is 0. The van der Waals surface area contributed by atoms with Gasteiger partial charge in [0.15, 0.2) is 0 Å². The van der Waals surface area contributed by atoms with Crippen molar-refractivity contribution in [2.45, 2.75) is 20.8 Å². The molecule has 0 aliphatic heterocycles. The van der Waals surface area contributed by atoms with E-state index in [4.69, 9.17) is 11.6 Å². The molecular formula is C13H12BrClN2O2. The Morgan fingerprint density at radius 2 is 1.68 bits per heavy atom. The molecule has 1 N–H and O–H groups in total. The Hall–Kier alpha value is -1.33. The number of halogens is 2. The summed E-state index contributed by atoms with van der Waals surface area (Å²) in [5.74, 6) is 0. The molecule has 0 saturated heterocycles. The molecule has 0 fully saturated rings. The molecule has 1 aromatic carbocycles. The van der Waals surface area contributed by atoms with Crippen molar-refractivity contribution in [3.63, 3.8) is 0 Å². The first-order valence-corrected chi connectivity index (χ1v) is 6.78. The molecule has 0 amide bonds. The lowest BCUT2D eigenvalue weighted by molar-refractivity contribution is 0.847. The minimum absolute atomic E-state index is 0.0821. The van der Waals surface area contributed by atoms with Gasteiger partial charge in [-0.2, -0.15) is 0 Å². The van der Waals surface area contributed by atoms with Crippen LogP contribution in [0.2, 0.25) is 5.15 Å². The Kier molecular flexibility index (Phi) is 3.69. The summed E-state index contributed by atoms with van der Waals surface area (Å²) in [6, 6.07) is 3.72. The fraction of sp³-hybridized carbons (Fsp3) is 0.231. The van der Waals surface area contributed by atoms with E-state index in [1.165, 1.54) is 0 Å². The number of hydrogen-bond acceptors (Lipinski definition) is 2. The van der Waals surface area contributed by atoms with Gasteiger partial charge in [0.25, 0.3) is 5.56 Å². The molecule has 1 heterocycles. The van der Waals surface area contributed by atoms with Crippen molar-refractivity contribution in [3.8, 4) is 5.69 Å². The summed E-state index contributed by atoms with van der Waals surface area (Å²) in [5, 5.41) is 0.0821. The van der Waals surface area contributed by atoms with E-state index in [0.29, 0.717) is 11.3 Å². The van der Waals surface area contributed by atoms with Crippen LogP contribution in [-0.2, 0) is 0 Å². The van der Waals surface area contributed by atoms with Crippen molar-refractivity contribution in [1.82, 2.24) is 9.55 Å². The maximum absolute atomic E-state index is 12.2. The maximum Gasteiger partial charge on any atom is 0.334 e. The number of aromatic amines is 1. The summed E-state index contributed by atoms with van der Waals surface area (Å²) >= 11 is 9.20. The molecule has 0 unspecified atom stereocenters. The van der Waals surface area contributed by atoms with Gasteiger partial charge >= 0.3 is 5.69 Å². The van der Waals surface area contributed by atoms with Crippen LogP contribution in [0.5, 0.6) is 0 Å². The second-order valence-electron chi connectivity index (χ2n) is 4.40. The fourth-order valence-corrected chi connectivity index (χ4v) is 2.90. The highest BCUT2D eigenvalue weighted by Crippen LogP contribution is 2.22. The van der Waals surface area contributed by atoms with E-state index in [2.05, 4.69) is 20.9 Å². The highest BCUT2D eigenvalue weighted by molar-refractivity contribution is 9.10. The van der Waals surface area contributed by atoms with Gasteiger partial charge in [0, 0.05) is 4.47 Å². The van der Waals surface area contributed by atoms with Gasteiger partial charge in [0.05, 0.1) is 11.3 Å². The van der Waals surface area contributed by atoms with E-state index in [1.54, 1.807) is 6.92 Å². The molecule has 19 heavy (non-hydrogen) atoms. The molecule has 0 atom stereocenters. The lowest BCUT2D eigenvalue weighted by Gasteiger charge is -2.13. The average molecular weight is 344 g/mol. The second kappa shape index (κ2) is 4.98. The van der Waals surface area contributed by atoms with Crippen molar-refractivity contribution < 1.29 is 0 Å². The molecule has 0 spiro atoms. The standard InChI is InChI=1S/C13H12BrClN2O2/c1-6-4-9(14)5-7(2)10(6)17-12(18)8(3)11(15)16-13(17)19/h4-5H,1-3H3,(H,16,19). The normalized spacial score (nSPS) is 10.8. The zero-order valence-electron chi connectivity index (χ0n) is 10.7. The van der Waals surface area contributed by atoms with E-state index in [-0.39, 0.29) is 5.15 Å². The van der Waals surface area contributed by atoms with Crippen molar-refractivity contribution in [3.05, 3.63) is 59.3 Å². The molecule has 0 saturated carbocycles. The first-order chi connectivity index (χ1) is 8.82. The fourth-order valence-electron chi connectivity index (χ4n) is 2.06. The number of H-pyrrole nitrogens is 1. The van der Waals surface area contributed by atoms with E-state index in [9.17, 15) is 9.59 Å². The van der Waals surface area contributed by atoms with Gasteiger partial charge in [0.1, 0.15) is 5.15 Å². The molecule has 0 radical (unpaired) electrons. The third-order valence-electron chi connectivity index (χ3n) is 2.95. The summed E-state index contributed by atoms with van der Waals surface area (Å²) < 4.78 is 2.03. The third kappa shape index (κ3) is 2.40. The van der Waals surface area contributed by atoms with Crippen LogP contribution in [0.15, 0.2) is 26.2 Å². The molecule has 0 aliphatic carbocycles. The predicted molar refractivity (Wildman–Crippen MR) is 79.6 cm³/mol. The largest absolute Gasteiger partial charge is 0.334 e. The highest BCUT2D eigenvalue weighted by Gasteiger charge is 2.14. The Morgan fingerprint density at radius 1 is 1.16 bits per heavy atom. The van der Waals surface area contributed by atoms with Gasteiger partial charge < -0.3 is 0 Å². The summed E-state index contributed by atoms with van der Waals surface area (Å²) in [4.78, 5) is 26.7. The monoisotopic (exact) mass is 342 g/mol. The molecule has 2 aromatic rings. The number of benzene rings is 1. The summed E-state index contributed by atoms with van der Waals surface area (Å²) in [6.45, 7) is 5.28. The number of rotatable bonds is 1. The lowest BCUT2D eigenvalue weighted by atomic mass is 10.1. The Bertz CT molecular complexity index is 754. The van der Waals surface area contributed by atoms with E-state index in [0.717, 1.165) is 20.2 Å². The van der Waals surface area contributed by atoms with Crippen LogP contribution >= 0.6 is 27.5 Å². The maximum atomic E-state index is 12.2. The zero-order valence-corrected chi connectivity index (χ0v) is 13.0. The number of nitrogens with one attached hydrogen (secondary N) is 1. The van der Waals surface area contributed by atoms with Gasteiger partial charge in [0.2, 0.25) is 0 Å². The molecule has 4 nitrogen and oxygen atoms in total. The van der Waals surface area contributed by atoms with Crippen LogP contribution in [0.4, 0.5) is 0 Å². The third-order valence-corrected chi connectivity index (χ3v) is 3.79. The first kappa shape index (κ1) is 14.1. The molecule has 6 heteroatoms. The molecular weight excluding hydrogens is 332 g/mol. The van der Waals surface area contributed by atoms with Gasteiger partial charge in [-0.3, -0.25) is 9.78 Å². The predicted octanol–water partition coefficient (Wildman–Crippen LogP) is 2.87. The van der Waals surface area contributed by atoms with Crippen LogP contribution < -0.4 is 11.2 Å². The van der Waals surface area contributed by atoms with Crippen LogP contribution in [-0.4, -0.2) is 9.55 Å². The van der Waals surface area contributed by atoms with Crippen LogP contribution in [0.3, 0.4) is 0 Å². The van der Waals surface area contributed by atoms with Gasteiger partial charge in [-0.05, 0) is 44.0 Å². The van der Waals surface area contributed by atoms with Gasteiger partial charge in [-0.25, -0.2) is 9.36 Å². The second-order valence-corrected chi connectivity index (χ2v) is 5.69. The van der Waals surface area contributed by atoms with Crippen molar-refractivity contribution in [1.29, 1.82) is 0 Å². The quantitative estimate of drug-likeness (QED) is 0.810. The lowest BCUT2D eigenvalue weighted by Crippen LogP contribution is -2.36. The highest BCUT2D eigenvalue weighted by atomic mass is 79.9. The Morgan fingerprint density at radius 3 is 2.21 bits per heavy atom. The van der Waals surface area contributed by atoms with Crippen molar-refractivity contribution in [2.75, 3.05) is 0 Å². The number of nitrogens with zero attached hydrogens (tertiary/aromatic N) is 1. The van der Waals surface area contributed by atoms with Crippen molar-refractivity contribution in [2.24, 2.45) is 0 Å². The first-order valence-electron chi connectivity index (χ1n) is 5.61. The summed E-state index contributed by atoms with van der Waals surface area (Å²) in [5.41, 5.74) is 1.65. The van der Waals surface area contributed by atoms with Crippen LogP contribution in [0.1, 0.15) is 16.7 Å². The van der Waals surface area contributed by atoms with Crippen LogP contribution in [0, 0.1) is 20.8 Å². The molecule has 0 bridgehead atoms. The molecule has 100 valence electrons. The Labute approximate surface area is 123 Å². The smallest absolute Gasteiger partial charge is 0.297 e. The van der Waals surface area contributed by atoms with Crippen LogP contribution in [0.25, 0.3) is 5.69 Å². The van der Waals surface area contributed by atoms with Gasteiger partial charge in [-0.1, -0.05) is 27.5 Å². The van der Waals surface area contributed by atoms with Gasteiger partial charge in [-0.15, -0.1) is 0 Å². The topological polar surface area (TPSA) is 54.9 Å². The number of aromatic nitrogens is 2. The number of aryl methyl sites for hydroxylation is 2. The minimum Gasteiger partial charge on any atom is -0.297 e. The number of hydrogen-bond donors (Lipinski definition) is 1. The minimum atomic E-state index is -0.533. The summed E-state index contributed by atoms with van der Waals surface area (Å²) in [7, 11) is 0. The van der Waals surface area contributed by atoms with E-state index < -0.39 is 11.2 Å².